The SMILES string of the molecule is CCOC(=O)[C@@]12CCN(c3cccc(-c4ccccc4OCc4ccc5c(c4)CCN(C4CCOCC4)C5)n3)C[C@@H]1C2. The number of rotatable bonds is 8. The molecular formula is C35H41N3O4. The van der Waals surface area contributed by atoms with Crippen LogP contribution in [-0.4, -0.2) is 61.3 Å². The quantitative estimate of drug-likeness (QED) is 0.326. The Labute approximate surface area is 248 Å². The predicted octanol–water partition coefficient (Wildman–Crippen LogP) is 5.64. The van der Waals surface area contributed by atoms with Gasteiger partial charge in [0.15, 0.2) is 0 Å². The maximum atomic E-state index is 12.5. The van der Waals surface area contributed by atoms with Gasteiger partial charge in [-0.25, -0.2) is 4.98 Å². The Morgan fingerprint density at radius 3 is 2.79 bits per heavy atom. The highest BCUT2D eigenvalue weighted by atomic mass is 16.5. The van der Waals surface area contributed by atoms with Crippen LogP contribution in [0.1, 0.15) is 49.3 Å². The van der Waals surface area contributed by atoms with Gasteiger partial charge in [0.05, 0.1) is 17.7 Å². The third-order valence-corrected chi connectivity index (χ3v) is 9.82. The molecule has 42 heavy (non-hydrogen) atoms. The number of hydrogen-bond donors (Lipinski definition) is 0. The van der Waals surface area contributed by atoms with Crippen LogP contribution in [0.25, 0.3) is 11.3 Å². The van der Waals surface area contributed by atoms with Crippen LogP contribution in [0.3, 0.4) is 0 Å². The topological polar surface area (TPSA) is 64.1 Å². The van der Waals surface area contributed by atoms with Gasteiger partial charge in [-0.2, -0.15) is 0 Å². The largest absolute Gasteiger partial charge is 0.488 e. The number of piperidine rings is 1. The van der Waals surface area contributed by atoms with Gasteiger partial charge in [-0.15, -0.1) is 0 Å². The summed E-state index contributed by atoms with van der Waals surface area (Å²) in [4.78, 5) is 22.5. The van der Waals surface area contributed by atoms with Crippen LogP contribution in [0, 0.1) is 11.3 Å². The molecule has 7 heteroatoms. The summed E-state index contributed by atoms with van der Waals surface area (Å²) in [6.07, 6.45) is 5.14. The lowest BCUT2D eigenvalue weighted by atomic mass is 9.95. The fourth-order valence-corrected chi connectivity index (χ4v) is 7.25. The molecular weight excluding hydrogens is 526 g/mol. The van der Waals surface area contributed by atoms with E-state index in [2.05, 4.69) is 52.3 Å². The predicted molar refractivity (Wildman–Crippen MR) is 162 cm³/mol. The minimum absolute atomic E-state index is 0.0154. The second-order valence-corrected chi connectivity index (χ2v) is 12.3. The van der Waals surface area contributed by atoms with Crippen molar-refractivity contribution < 1.29 is 19.0 Å². The summed E-state index contributed by atoms with van der Waals surface area (Å²) in [7, 11) is 0. The number of nitrogens with zero attached hydrogens (tertiary/aromatic N) is 3. The third kappa shape index (κ3) is 5.40. The van der Waals surface area contributed by atoms with E-state index in [1.165, 1.54) is 16.7 Å². The molecule has 2 aromatic carbocycles. The van der Waals surface area contributed by atoms with Crippen LogP contribution in [0.4, 0.5) is 5.82 Å². The van der Waals surface area contributed by atoms with E-state index in [0.29, 0.717) is 25.2 Å². The molecule has 4 aliphatic rings. The van der Waals surface area contributed by atoms with Crippen molar-refractivity contribution >= 4 is 11.8 Å². The maximum absolute atomic E-state index is 12.5. The second-order valence-electron chi connectivity index (χ2n) is 12.3. The van der Waals surface area contributed by atoms with Crippen LogP contribution < -0.4 is 9.64 Å². The third-order valence-electron chi connectivity index (χ3n) is 9.82. The summed E-state index contributed by atoms with van der Waals surface area (Å²) in [5.74, 6) is 2.13. The Balaban J connectivity index is 1.01. The van der Waals surface area contributed by atoms with Crippen LogP contribution in [-0.2, 0) is 33.8 Å². The van der Waals surface area contributed by atoms with Gasteiger partial charge in [0.25, 0.3) is 0 Å². The molecule has 2 atom stereocenters. The van der Waals surface area contributed by atoms with Gasteiger partial charge in [-0.1, -0.05) is 36.4 Å². The van der Waals surface area contributed by atoms with E-state index in [9.17, 15) is 4.79 Å². The second kappa shape index (κ2) is 11.7. The summed E-state index contributed by atoms with van der Waals surface area (Å²) in [6, 6.07) is 21.9. The molecule has 3 aromatic rings. The fourth-order valence-electron chi connectivity index (χ4n) is 7.25. The standard InChI is InChI=1S/C35H41N3O4/c1-2-41-34(39)35-15-17-38(23-28(35)21-35)33-9-5-7-31(36-33)30-6-3-4-8-32(30)42-24-25-10-11-27-22-37(16-12-26(27)20-25)29-13-18-40-19-14-29/h3-11,20,28-29H,2,12-19,21-24H2,1H3/t28-,35+/m0/s1. The number of para-hydroxylation sites is 1. The molecule has 0 radical (unpaired) electrons. The van der Waals surface area contributed by atoms with Gasteiger partial charge < -0.3 is 19.1 Å². The Hall–Kier alpha value is -3.42. The lowest BCUT2D eigenvalue weighted by molar-refractivity contribution is -0.150. The average Bonchev–Trinajstić information content (AvgIpc) is 3.80. The molecule has 0 spiro atoms. The first-order valence-corrected chi connectivity index (χ1v) is 15.7. The van der Waals surface area contributed by atoms with Crippen LogP contribution in [0.5, 0.6) is 5.75 Å². The molecule has 0 N–H and O–H groups in total. The van der Waals surface area contributed by atoms with Gasteiger partial charge in [0.1, 0.15) is 18.2 Å². The molecule has 0 unspecified atom stereocenters. The molecule has 3 fully saturated rings. The van der Waals surface area contributed by atoms with Gasteiger partial charge in [0, 0.05) is 51.0 Å². The van der Waals surface area contributed by atoms with Crippen molar-refractivity contribution in [3.63, 3.8) is 0 Å². The van der Waals surface area contributed by atoms with Crippen molar-refractivity contribution in [3.05, 3.63) is 77.4 Å². The highest BCUT2D eigenvalue weighted by molar-refractivity contribution is 5.81. The summed E-state index contributed by atoms with van der Waals surface area (Å²) in [5, 5.41) is 0. The number of pyridine rings is 1. The van der Waals surface area contributed by atoms with E-state index in [-0.39, 0.29) is 11.4 Å². The van der Waals surface area contributed by atoms with Crippen molar-refractivity contribution in [1.82, 2.24) is 9.88 Å². The first-order chi connectivity index (χ1) is 20.6. The molecule has 1 saturated carbocycles. The minimum Gasteiger partial charge on any atom is -0.488 e. The van der Waals surface area contributed by atoms with Crippen molar-refractivity contribution in [2.24, 2.45) is 11.3 Å². The number of benzene rings is 2. The zero-order chi connectivity index (χ0) is 28.5. The number of anilines is 1. The number of ether oxygens (including phenoxy) is 3. The van der Waals surface area contributed by atoms with E-state index in [4.69, 9.17) is 19.2 Å². The van der Waals surface area contributed by atoms with Gasteiger partial charge in [-0.05, 0) is 85.9 Å². The van der Waals surface area contributed by atoms with Crippen LogP contribution >= 0.6 is 0 Å². The van der Waals surface area contributed by atoms with Gasteiger partial charge in [-0.3, -0.25) is 9.69 Å². The van der Waals surface area contributed by atoms with Gasteiger partial charge in [0.2, 0.25) is 0 Å². The molecule has 0 bridgehead atoms. The molecule has 1 aliphatic carbocycles. The van der Waals surface area contributed by atoms with Crippen LogP contribution in [0.2, 0.25) is 0 Å². The zero-order valence-electron chi connectivity index (χ0n) is 24.6. The number of hydrogen-bond acceptors (Lipinski definition) is 7. The maximum Gasteiger partial charge on any atom is 0.312 e. The highest BCUT2D eigenvalue weighted by Crippen LogP contribution is 2.59. The van der Waals surface area contributed by atoms with E-state index in [1.807, 2.05) is 25.1 Å². The average molecular weight is 568 g/mol. The minimum atomic E-state index is -0.258. The fraction of sp³-hybridized carbons (Fsp3) is 0.486. The normalized spacial score (nSPS) is 24.0. The monoisotopic (exact) mass is 567 g/mol. The summed E-state index contributed by atoms with van der Waals surface area (Å²) in [6.45, 7) is 8.45. The molecule has 7 rings (SSSR count). The van der Waals surface area contributed by atoms with Crippen molar-refractivity contribution in [3.8, 4) is 17.0 Å². The first-order valence-electron chi connectivity index (χ1n) is 15.7. The highest BCUT2D eigenvalue weighted by Gasteiger charge is 2.63. The number of esters is 1. The molecule has 4 heterocycles. The molecule has 1 aromatic heterocycles. The van der Waals surface area contributed by atoms with E-state index < -0.39 is 0 Å². The van der Waals surface area contributed by atoms with Crippen molar-refractivity contribution in [1.29, 1.82) is 0 Å². The molecule has 0 amide bonds. The molecule has 3 aliphatic heterocycles. The van der Waals surface area contributed by atoms with Crippen molar-refractivity contribution in [2.75, 3.05) is 44.4 Å². The van der Waals surface area contributed by atoms with Crippen LogP contribution in [0.15, 0.2) is 60.7 Å². The molecule has 2 saturated heterocycles. The van der Waals surface area contributed by atoms with E-state index in [0.717, 1.165) is 94.3 Å². The lowest BCUT2D eigenvalue weighted by Crippen LogP contribution is -2.42. The number of aromatic nitrogens is 1. The Morgan fingerprint density at radius 1 is 1.05 bits per heavy atom. The lowest BCUT2D eigenvalue weighted by Gasteiger charge is -2.37. The Bertz CT molecular complexity index is 1440. The number of carbonyl (C=O) groups excluding carboxylic acids is 1. The van der Waals surface area contributed by atoms with Crippen molar-refractivity contribution in [2.45, 2.75) is 58.2 Å². The smallest absolute Gasteiger partial charge is 0.312 e. The summed E-state index contributed by atoms with van der Waals surface area (Å²) >= 11 is 0. The van der Waals surface area contributed by atoms with Gasteiger partial charge >= 0.3 is 5.97 Å². The Morgan fingerprint density at radius 2 is 1.93 bits per heavy atom. The summed E-state index contributed by atoms with van der Waals surface area (Å²) < 4.78 is 17.4. The first kappa shape index (κ1) is 27.4. The number of carbonyl (C=O) groups is 1. The molecule has 7 nitrogen and oxygen atoms in total. The van der Waals surface area contributed by atoms with E-state index >= 15 is 0 Å². The Kier molecular flexibility index (Phi) is 7.63. The summed E-state index contributed by atoms with van der Waals surface area (Å²) in [5.41, 5.74) is 5.74. The number of fused-ring (bicyclic) bond motifs is 2. The van der Waals surface area contributed by atoms with E-state index in [1.54, 1.807) is 0 Å². The zero-order valence-corrected chi connectivity index (χ0v) is 24.6. The molecule has 220 valence electrons.